The van der Waals surface area contributed by atoms with Gasteiger partial charge in [0.2, 0.25) is 0 Å². The molecule has 1 saturated heterocycles. The zero-order chi connectivity index (χ0) is 13.1. The van der Waals surface area contributed by atoms with Crippen molar-refractivity contribution in [2.24, 2.45) is 0 Å². The van der Waals surface area contributed by atoms with Crippen LogP contribution < -0.4 is 0 Å². The summed E-state index contributed by atoms with van der Waals surface area (Å²) < 4.78 is 0. The van der Waals surface area contributed by atoms with Crippen LogP contribution in [0.3, 0.4) is 0 Å². The summed E-state index contributed by atoms with van der Waals surface area (Å²) in [7, 11) is 0. The number of fused-ring (bicyclic) bond motifs is 1. The second-order valence-electron chi connectivity index (χ2n) is 4.87. The average molecular weight is 293 g/mol. The molecule has 1 fully saturated rings. The molecule has 2 aromatic rings. The number of hydrogen-bond donors (Lipinski definition) is 0. The molecule has 2 heterocycles. The van der Waals surface area contributed by atoms with E-state index >= 15 is 0 Å². The second kappa shape index (κ2) is 6.12. The van der Waals surface area contributed by atoms with E-state index in [4.69, 9.17) is 11.6 Å². The Kier molecular flexibility index (Phi) is 4.26. The predicted octanol–water partition coefficient (Wildman–Crippen LogP) is 3.83. The van der Waals surface area contributed by atoms with Crippen molar-refractivity contribution in [1.29, 1.82) is 0 Å². The SMILES string of the molecule is Clc1nc2ccccc2cc1CN1CCCSCC1. The molecule has 3 rings (SSSR count). The van der Waals surface area contributed by atoms with Crippen molar-refractivity contribution in [2.45, 2.75) is 13.0 Å². The normalized spacial score (nSPS) is 17.5. The lowest BCUT2D eigenvalue weighted by molar-refractivity contribution is 0.287. The summed E-state index contributed by atoms with van der Waals surface area (Å²) in [5.41, 5.74) is 2.12. The van der Waals surface area contributed by atoms with E-state index in [1.165, 1.54) is 23.3 Å². The number of pyridine rings is 1. The average Bonchev–Trinajstić information content (AvgIpc) is 2.68. The Balaban J connectivity index is 1.85. The van der Waals surface area contributed by atoms with E-state index in [0.29, 0.717) is 5.15 Å². The standard InChI is InChI=1S/C15H17ClN2S/c16-15-13(11-18-6-3-8-19-9-7-18)10-12-4-1-2-5-14(12)17-15/h1-2,4-5,10H,3,6-9,11H2. The number of para-hydroxylation sites is 1. The van der Waals surface area contributed by atoms with Gasteiger partial charge >= 0.3 is 0 Å². The van der Waals surface area contributed by atoms with E-state index in [9.17, 15) is 0 Å². The van der Waals surface area contributed by atoms with Gasteiger partial charge in [-0.25, -0.2) is 4.98 Å². The molecular weight excluding hydrogens is 276 g/mol. The maximum absolute atomic E-state index is 6.32. The molecule has 1 aliphatic rings. The van der Waals surface area contributed by atoms with Gasteiger partial charge in [0.15, 0.2) is 0 Å². The van der Waals surface area contributed by atoms with Crippen molar-refractivity contribution in [3.8, 4) is 0 Å². The number of hydrogen-bond acceptors (Lipinski definition) is 3. The third-order valence-electron chi connectivity index (χ3n) is 3.46. The molecule has 1 aliphatic heterocycles. The van der Waals surface area contributed by atoms with Gasteiger partial charge in [0, 0.05) is 29.8 Å². The molecule has 0 amide bonds. The van der Waals surface area contributed by atoms with Crippen molar-refractivity contribution in [1.82, 2.24) is 9.88 Å². The summed E-state index contributed by atoms with van der Waals surface area (Å²) >= 11 is 8.37. The van der Waals surface area contributed by atoms with Crippen LogP contribution in [0.1, 0.15) is 12.0 Å². The zero-order valence-corrected chi connectivity index (χ0v) is 12.4. The van der Waals surface area contributed by atoms with Gasteiger partial charge < -0.3 is 0 Å². The maximum atomic E-state index is 6.32. The van der Waals surface area contributed by atoms with E-state index in [0.717, 1.165) is 30.7 Å². The van der Waals surface area contributed by atoms with Crippen LogP contribution in [-0.4, -0.2) is 34.5 Å². The highest BCUT2D eigenvalue weighted by atomic mass is 35.5. The first kappa shape index (κ1) is 13.2. The minimum atomic E-state index is 0.649. The van der Waals surface area contributed by atoms with Gasteiger partial charge in [-0.1, -0.05) is 29.8 Å². The van der Waals surface area contributed by atoms with Crippen LogP contribution in [0.5, 0.6) is 0 Å². The molecule has 1 aromatic carbocycles. The summed E-state index contributed by atoms with van der Waals surface area (Å²) in [6.45, 7) is 3.22. The van der Waals surface area contributed by atoms with Gasteiger partial charge in [-0.05, 0) is 30.9 Å². The van der Waals surface area contributed by atoms with E-state index in [1.807, 2.05) is 30.0 Å². The quantitative estimate of drug-likeness (QED) is 0.783. The lowest BCUT2D eigenvalue weighted by Crippen LogP contribution is -2.25. The molecule has 0 spiro atoms. The summed E-state index contributed by atoms with van der Waals surface area (Å²) in [6, 6.07) is 10.3. The number of benzene rings is 1. The van der Waals surface area contributed by atoms with Crippen LogP contribution in [0.2, 0.25) is 5.15 Å². The highest BCUT2D eigenvalue weighted by molar-refractivity contribution is 7.99. The Hall–Kier alpha value is -0.770. The molecule has 0 saturated carbocycles. The number of rotatable bonds is 2. The third-order valence-corrected chi connectivity index (χ3v) is 4.83. The van der Waals surface area contributed by atoms with E-state index in [1.54, 1.807) is 0 Å². The van der Waals surface area contributed by atoms with Crippen molar-refractivity contribution < 1.29 is 0 Å². The molecule has 4 heteroatoms. The van der Waals surface area contributed by atoms with Crippen LogP contribution in [-0.2, 0) is 6.54 Å². The Morgan fingerprint density at radius 2 is 2.11 bits per heavy atom. The molecule has 0 bridgehead atoms. The van der Waals surface area contributed by atoms with Crippen molar-refractivity contribution >= 4 is 34.3 Å². The topological polar surface area (TPSA) is 16.1 Å². The molecule has 0 atom stereocenters. The Bertz CT molecular complexity index is 565. The largest absolute Gasteiger partial charge is 0.298 e. The molecule has 19 heavy (non-hydrogen) atoms. The zero-order valence-electron chi connectivity index (χ0n) is 10.8. The fraction of sp³-hybridized carbons (Fsp3) is 0.400. The number of halogens is 1. The predicted molar refractivity (Wildman–Crippen MR) is 84.0 cm³/mol. The van der Waals surface area contributed by atoms with Gasteiger partial charge in [-0.15, -0.1) is 0 Å². The first-order chi connectivity index (χ1) is 9.33. The molecule has 1 aromatic heterocycles. The Labute approximate surface area is 123 Å². The highest BCUT2D eigenvalue weighted by Crippen LogP contribution is 2.22. The summed E-state index contributed by atoms with van der Waals surface area (Å²) in [5.74, 6) is 2.50. The lowest BCUT2D eigenvalue weighted by Gasteiger charge is -2.20. The van der Waals surface area contributed by atoms with Crippen LogP contribution in [0, 0.1) is 0 Å². The van der Waals surface area contributed by atoms with Crippen LogP contribution >= 0.6 is 23.4 Å². The number of thioether (sulfide) groups is 1. The Morgan fingerprint density at radius 3 is 3.05 bits per heavy atom. The molecule has 100 valence electrons. The van der Waals surface area contributed by atoms with Gasteiger partial charge in [0.25, 0.3) is 0 Å². The van der Waals surface area contributed by atoms with Gasteiger partial charge in [-0.3, -0.25) is 4.90 Å². The first-order valence-electron chi connectivity index (χ1n) is 6.67. The first-order valence-corrected chi connectivity index (χ1v) is 8.20. The molecule has 2 nitrogen and oxygen atoms in total. The van der Waals surface area contributed by atoms with Gasteiger partial charge in [0.05, 0.1) is 5.52 Å². The van der Waals surface area contributed by atoms with E-state index < -0.39 is 0 Å². The highest BCUT2D eigenvalue weighted by Gasteiger charge is 2.12. The van der Waals surface area contributed by atoms with Crippen molar-refractivity contribution in [2.75, 3.05) is 24.6 Å². The van der Waals surface area contributed by atoms with Gasteiger partial charge in [0.1, 0.15) is 5.15 Å². The fourth-order valence-corrected chi connectivity index (χ4v) is 3.57. The number of nitrogens with zero attached hydrogens (tertiary/aromatic N) is 2. The van der Waals surface area contributed by atoms with Crippen molar-refractivity contribution in [3.63, 3.8) is 0 Å². The maximum Gasteiger partial charge on any atom is 0.134 e. The van der Waals surface area contributed by atoms with E-state index in [2.05, 4.69) is 22.0 Å². The molecular formula is C15H17ClN2S. The van der Waals surface area contributed by atoms with Crippen LogP contribution in [0.25, 0.3) is 10.9 Å². The number of aromatic nitrogens is 1. The monoisotopic (exact) mass is 292 g/mol. The molecule has 0 N–H and O–H groups in total. The lowest BCUT2D eigenvalue weighted by atomic mass is 10.1. The smallest absolute Gasteiger partial charge is 0.134 e. The summed E-state index contributed by atoms with van der Waals surface area (Å²) in [4.78, 5) is 6.98. The molecule has 0 unspecified atom stereocenters. The fourth-order valence-electron chi connectivity index (χ4n) is 2.44. The molecule has 0 aliphatic carbocycles. The van der Waals surface area contributed by atoms with Crippen LogP contribution in [0.4, 0.5) is 0 Å². The van der Waals surface area contributed by atoms with Gasteiger partial charge in [-0.2, -0.15) is 11.8 Å². The van der Waals surface area contributed by atoms with E-state index in [-0.39, 0.29) is 0 Å². The minimum Gasteiger partial charge on any atom is -0.298 e. The molecule has 0 radical (unpaired) electrons. The second-order valence-corrected chi connectivity index (χ2v) is 6.46. The Morgan fingerprint density at radius 1 is 1.21 bits per heavy atom. The minimum absolute atomic E-state index is 0.649. The van der Waals surface area contributed by atoms with Crippen LogP contribution in [0.15, 0.2) is 30.3 Å². The summed E-state index contributed by atoms with van der Waals surface area (Å²) in [5, 5.41) is 1.82. The van der Waals surface area contributed by atoms with Crippen molar-refractivity contribution in [3.05, 3.63) is 41.0 Å². The summed E-state index contributed by atoms with van der Waals surface area (Å²) in [6.07, 6.45) is 1.27. The third kappa shape index (κ3) is 3.22.